The molecule has 1 saturated heterocycles. The number of amides is 3. The molecule has 1 aromatic heterocycles. The van der Waals surface area contributed by atoms with E-state index in [4.69, 9.17) is 0 Å². The summed E-state index contributed by atoms with van der Waals surface area (Å²) in [5.74, 6) is -0.650. The highest BCUT2D eigenvalue weighted by atomic mass is 32.1. The van der Waals surface area contributed by atoms with Crippen molar-refractivity contribution in [3.05, 3.63) is 64.5 Å². The Morgan fingerprint density at radius 3 is 2.77 bits per heavy atom. The summed E-state index contributed by atoms with van der Waals surface area (Å²) in [6.45, 7) is 3.47. The Morgan fingerprint density at radius 1 is 1.16 bits per heavy atom. The van der Waals surface area contributed by atoms with Gasteiger partial charge in [-0.15, -0.1) is 11.3 Å². The predicted octanol–water partition coefficient (Wildman–Crippen LogP) is 5.16. The van der Waals surface area contributed by atoms with E-state index >= 15 is 0 Å². The van der Waals surface area contributed by atoms with Gasteiger partial charge in [0.15, 0.2) is 0 Å². The minimum Gasteiger partial charge on any atom is -0.338 e. The van der Waals surface area contributed by atoms with E-state index in [0.29, 0.717) is 30.2 Å². The number of nitrogens with one attached hydrogen (secondary N) is 2. The number of fused-ring (bicyclic) bond motifs is 1. The second-order valence-electron chi connectivity index (χ2n) is 7.80. The van der Waals surface area contributed by atoms with Gasteiger partial charge in [-0.3, -0.25) is 4.79 Å². The number of halogens is 2. The Kier molecular flexibility index (Phi) is 6.18. The van der Waals surface area contributed by atoms with Crippen LogP contribution in [-0.2, 0) is 0 Å². The SMILES string of the molecule is Cc1c(C(=O)N2CCCC(CNC(=O)Nc3cccc(F)c3)C2)sc2ccc(F)cc12. The van der Waals surface area contributed by atoms with Gasteiger partial charge in [0.25, 0.3) is 5.91 Å². The molecular formula is C23H23F2N3O2S. The predicted molar refractivity (Wildman–Crippen MR) is 119 cm³/mol. The largest absolute Gasteiger partial charge is 0.338 e. The molecule has 0 spiro atoms. The summed E-state index contributed by atoms with van der Waals surface area (Å²) in [4.78, 5) is 27.7. The van der Waals surface area contributed by atoms with Crippen LogP contribution in [0.5, 0.6) is 0 Å². The zero-order valence-electron chi connectivity index (χ0n) is 17.1. The van der Waals surface area contributed by atoms with E-state index in [0.717, 1.165) is 28.5 Å². The van der Waals surface area contributed by atoms with Gasteiger partial charge in [-0.2, -0.15) is 0 Å². The maximum atomic E-state index is 13.6. The molecule has 2 heterocycles. The highest BCUT2D eigenvalue weighted by molar-refractivity contribution is 7.21. The Labute approximate surface area is 183 Å². The van der Waals surface area contributed by atoms with Crippen LogP contribution in [0.3, 0.4) is 0 Å². The van der Waals surface area contributed by atoms with Crippen molar-refractivity contribution in [2.24, 2.45) is 5.92 Å². The van der Waals surface area contributed by atoms with Gasteiger partial charge in [0.1, 0.15) is 11.6 Å². The third kappa shape index (κ3) is 4.85. The highest BCUT2D eigenvalue weighted by Gasteiger charge is 2.27. The number of carbonyl (C=O) groups is 2. The van der Waals surface area contributed by atoms with E-state index in [1.54, 1.807) is 12.1 Å². The Morgan fingerprint density at radius 2 is 1.97 bits per heavy atom. The molecule has 0 bridgehead atoms. The Hall–Kier alpha value is -3.00. The molecule has 4 rings (SSSR count). The molecule has 1 aliphatic heterocycles. The van der Waals surface area contributed by atoms with Crippen LogP contribution in [0.25, 0.3) is 10.1 Å². The smallest absolute Gasteiger partial charge is 0.319 e. The number of hydrogen-bond donors (Lipinski definition) is 2. The number of hydrogen-bond acceptors (Lipinski definition) is 3. The molecule has 1 fully saturated rings. The van der Waals surface area contributed by atoms with E-state index in [9.17, 15) is 18.4 Å². The standard InChI is InChI=1S/C23H23F2N3O2S/c1-14-19-11-17(25)7-8-20(19)31-21(14)22(29)28-9-3-4-15(13-28)12-26-23(30)27-18-6-2-5-16(24)10-18/h2,5-8,10-11,15H,3-4,9,12-13H2,1H3,(H2,26,27,30). The number of urea groups is 1. The fourth-order valence-corrected chi connectivity index (χ4v) is 5.09. The van der Waals surface area contributed by atoms with Crippen LogP contribution in [-0.4, -0.2) is 36.5 Å². The molecule has 0 saturated carbocycles. The summed E-state index contributed by atoms with van der Waals surface area (Å²) in [6.07, 6.45) is 1.75. The molecule has 2 aromatic carbocycles. The van der Waals surface area contributed by atoms with Crippen LogP contribution >= 0.6 is 11.3 Å². The van der Waals surface area contributed by atoms with E-state index in [1.807, 2.05) is 11.8 Å². The van der Waals surface area contributed by atoms with Gasteiger partial charge in [-0.1, -0.05) is 6.07 Å². The van der Waals surface area contributed by atoms with E-state index < -0.39 is 11.8 Å². The summed E-state index contributed by atoms with van der Waals surface area (Å²) in [7, 11) is 0. The van der Waals surface area contributed by atoms with Crippen LogP contribution < -0.4 is 10.6 Å². The number of anilines is 1. The van der Waals surface area contributed by atoms with Crippen molar-refractivity contribution in [2.75, 3.05) is 25.0 Å². The average Bonchev–Trinajstić information content (AvgIpc) is 3.08. The minimum absolute atomic E-state index is 0.0481. The van der Waals surface area contributed by atoms with Crippen molar-refractivity contribution in [3.63, 3.8) is 0 Å². The number of piperidine rings is 1. The van der Waals surface area contributed by atoms with Crippen LogP contribution in [0.2, 0.25) is 0 Å². The molecule has 1 aliphatic rings. The molecule has 2 N–H and O–H groups in total. The topological polar surface area (TPSA) is 61.4 Å². The Balaban J connectivity index is 1.36. The summed E-state index contributed by atoms with van der Waals surface area (Å²) in [5, 5.41) is 6.19. The van der Waals surface area contributed by atoms with Crippen LogP contribution in [0.4, 0.5) is 19.3 Å². The van der Waals surface area contributed by atoms with Gasteiger partial charge < -0.3 is 15.5 Å². The second-order valence-corrected chi connectivity index (χ2v) is 8.85. The van der Waals surface area contributed by atoms with Crippen LogP contribution in [0.15, 0.2) is 42.5 Å². The summed E-state index contributed by atoms with van der Waals surface area (Å²) in [6, 6.07) is 9.88. The number of likely N-dealkylation sites (tertiary alicyclic amines) is 1. The minimum atomic E-state index is -0.418. The lowest BCUT2D eigenvalue weighted by Gasteiger charge is -2.32. The van der Waals surface area contributed by atoms with Crippen molar-refractivity contribution in [1.29, 1.82) is 0 Å². The number of rotatable bonds is 4. The molecule has 1 atom stereocenters. The Bertz CT molecular complexity index is 1130. The zero-order chi connectivity index (χ0) is 22.0. The molecule has 3 aromatic rings. The first-order chi connectivity index (χ1) is 14.9. The number of nitrogens with zero attached hydrogens (tertiary/aromatic N) is 1. The van der Waals surface area contributed by atoms with Crippen molar-refractivity contribution < 1.29 is 18.4 Å². The van der Waals surface area contributed by atoms with Gasteiger partial charge in [0.05, 0.1) is 4.88 Å². The van der Waals surface area contributed by atoms with Gasteiger partial charge in [0.2, 0.25) is 0 Å². The summed E-state index contributed by atoms with van der Waals surface area (Å²) in [5.41, 5.74) is 1.19. The molecule has 5 nitrogen and oxygen atoms in total. The van der Waals surface area contributed by atoms with E-state index in [1.165, 1.54) is 41.7 Å². The lowest BCUT2D eigenvalue weighted by Crippen LogP contribution is -2.44. The summed E-state index contributed by atoms with van der Waals surface area (Å²) >= 11 is 1.39. The molecular weight excluding hydrogens is 420 g/mol. The van der Waals surface area contributed by atoms with Crippen molar-refractivity contribution in [1.82, 2.24) is 10.2 Å². The lowest BCUT2D eigenvalue weighted by molar-refractivity contribution is 0.0679. The van der Waals surface area contributed by atoms with Gasteiger partial charge in [-0.25, -0.2) is 13.6 Å². The molecule has 31 heavy (non-hydrogen) atoms. The summed E-state index contributed by atoms with van der Waals surface area (Å²) < 4.78 is 27.7. The number of thiophene rings is 1. The fraction of sp³-hybridized carbons (Fsp3) is 0.304. The second kappa shape index (κ2) is 9.01. The molecule has 0 radical (unpaired) electrons. The first-order valence-electron chi connectivity index (χ1n) is 10.2. The first kappa shape index (κ1) is 21.2. The number of benzene rings is 2. The molecule has 0 aliphatic carbocycles. The number of aryl methyl sites for hydroxylation is 1. The normalized spacial score (nSPS) is 16.4. The van der Waals surface area contributed by atoms with Gasteiger partial charge in [-0.05, 0) is 73.0 Å². The van der Waals surface area contributed by atoms with Gasteiger partial charge >= 0.3 is 6.03 Å². The molecule has 8 heteroatoms. The quantitative estimate of drug-likeness (QED) is 0.585. The molecule has 1 unspecified atom stereocenters. The van der Waals surface area contributed by atoms with Crippen molar-refractivity contribution in [2.45, 2.75) is 19.8 Å². The van der Waals surface area contributed by atoms with Crippen LogP contribution in [0, 0.1) is 24.5 Å². The van der Waals surface area contributed by atoms with Gasteiger partial charge in [0, 0.05) is 30.0 Å². The third-order valence-corrected chi connectivity index (χ3v) is 6.79. The maximum absolute atomic E-state index is 13.6. The molecule has 162 valence electrons. The maximum Gasteiger partial charge on any atom is 0.319 e. The third-order valence-electron chi connectivity index (χ3n) is 5.53. The van der Waals surface area contributed by atoms with Crippen molar-refractivity contribution in [3.8, 4) is 0 Å². The average molecular weight is 444 g/mol. The molecule has 3 amide bonds. The monoisotopic (exact) mass is 443 g/mol. The van der Waals surface area contributed by atoms with Crippen LogP contribution in [0.1, 0.15) is 28.1 Å². The zero-order valence-corrected chi connectivity index (χ0v) is 17.9. The van der Waals surface area contributed by atoms with E-state index in [2.05, 4.69) is 10.6 Å². The van der Waals surface area contributed by atoms with E-state index in [-0.39, 0.29) is 17.6 Å². The highest BCUT2D eigenvalue weighted by Crippen LogP contribution is 2.33. The first-order valence-corrected chi connectivity index (χ1v) is 11.0. The number of carbonyl (C=O) groups excluding carboxylic acids is 2. The lowest BCUT2D eigenvalue weighted by atomic mass is 9.97. The van der Waals surface area contributed by atoms with Crippen molar-refractivity contribution >= 4 is 39.0 Å². The fourth-order valence-electron chi connectivity index (χ4n) is 3.94.